The molecular formula is C11H14N3O2S-. The van der Waals surface area contributed by atoms with Crippen molar-refractivity contribution in [1.29, 1.82) is 0 Å². The number of hydrogen-bond donors (Lipinski definition) is 1. The largest absolute Gasteiger partial charge is 0.760 e. The van der Waals surface area contributed by atoms with E-state index in [1.54, 1.807) is 0 Å². The van der Waals surface area contributed by atoms with Crippen LogP contribution in [0, 0.1) is 6.92 Å². The van der Waals surface area contributed by atoms with E-state index in [1.165, 1.54) is 5.56 Å². The van der Waals surface area contributed by atoms with E-state index in [2.05, 4.69) is 22.3 Å². The summed E-state index contributed by atoms with van der Waals surface area (Å²) in [4.78, 5) is 4.44. The van der Waals surface area contributed by atoms with Gasteiger partial charge in [-0.05, 0) is 6.92 Å². The quantitative estimate of drug-likeness (QED) is 0.772. The number of aromatic nitrogens is 2. The molecule has 6 heteroatoms. The van der Waals surface area contributed by atoms with Gasteiger partial charge in [-0.25, -0.2) is 4.98 Å². The third-order valence-electron chi connectivity index (χ3n) is 2.18. The molecule has 0 spiro atoms. The maximum absolute atomic E-state index is 8.78. The second-order valence-corrected chi connectivity index (χ2v) is 3.93. The lowest BCUT2D eigenvalue weighted by atomic mass is 10.2. The monoisotopic (exact) mass is 252 g/mol. The molecule has 1 aromatic heterocycles. The smallest absolute Gasteiger partial charge is 0.105 e. The maximum atomic E-state index is 8.78. The summed E-state index contributed by atoms with van der Waals surface area (Å²) in [5.41, 5.74) is 2.21. The van der Waals surface area contributed by atoms with Crippen LogP contribution in [0.3, 0.4) is 0 Å². The zero-order chi connectivity index (χ0) is 12.8. The minimum Gasteiger partial charge on any atom is -0.760 e. The molecule has 5 nitrogen and oxygen atoms in total. The van der Waals surface area contributed by atoms with Crippen LogP contribution in [-0.2, 0) is 18.3 Å². The number of hydrogen-bond acceptors (Lipinski definition) is 3. The Labute approximate surface area is 103 Å². The molecule has 2 rings (SSSR count). The van der Waals surface area contributed by atoms with E-state index in [0.29, 0.717) is 0 Å². The summed E-state index contributed by atoms with van der Waals surface area (Å²) in [5.74, 6) is 1.04. The highest BCUT2D eigenvalue weighted by molar-refractivity contribution is 7.76. The van der Waals surface area contributed by atoms with Gasteiger partial charge in [0.2, 0.25) is 0 Å². The summed E-state index contributed by atoms with van der Waals surface area (Å²) < 4.78 is 19.6. The molecule has 1 aromatic carbocycles. The lowest BCUT2D eigenvalue weighted by Gasteiger charge is -1.92. The van der Waals surface area contributed by atoms with Crippen LogP contribution in [0.15, 0.2) is 36.5 Å². The second-order valence-electron chi connectivity index (χ2n) is 3.41. The van der Waals surface area contributed by atoms with E-state index in [4.69, 9.17) is 8.76 Å². The van der Waals surface area contributed by atoms with Crippen molar-refractivity contribution in [2.75, 3.05) is 0 Å². The van der Waals surface area contributed by atoms with Crippen molar-refractivity contribution in [1.82, 2.24) is 9.55 Å². The van der Waals surface area contributed by atoms with Gasteiger partial charge in [0, 0.05) is 30.1 Å². The molecule has 1 unspecified atom stereocenters. The highest BCUT2D eigenvalue weighted by Gasteiger charge is 2.01. The maximum Gasteiger partial charge on any atom is 0.105 e. The predicted octanol–water partition coefficient (Wildman–Crippen LogP) is 1.13. The molecule has 0 saturated heterocycles. The minimum absolute atomic E-state index is 1.04. The Balaban J connectivity index is 0.000000317. The van der Waals surface area contributed by atoms with Crippen molar-refractivity contribution < 1.29 is 8.76 Å². The van der Waals surface area contributed by atoms with Crippen LogP contribution in [0.1, 0.15) is 5.82 Å². The minimum atomic E-state index is -2.36. The zero-order valence-electron chi connectivity index (χ0n) is 9.66. The molecule has 0 aliphatic heterocycles. The van der Waals surface area contributed by atoms with Crippen molar-refractivity contribution >= 4 is 11.3 Å². The average molecular weight is 252 g/mol. The first-order chi connectivity index (χ1) is 8.00. The van der Waals surface area contributed by atoms with Crippen LogP contribution >= 0.6 is 0 Å². The Morgan fingerprint density at radius 2 is 1.88 bits per heavy atom. The third kappa shape index (κ3) is 4.48. The van der Waals surface area contributed by atoms with Gasteiger partial charge in [-0.2, -0.15) is 0 Å². The topological polar surface area (TPSA) is 84.0 Å². The Kier molecular flexibility index (Phi) is 5.02. The molecule has 0 aliphatic carbocycles. The summed E-state index contributed by atoms with van der Waals surface area (Å²) in [7, 11) is 2.01. The summed E-state index contributed by atoms with van der Waals surface area (Å²) in [6, 6.07) is 10.2. The van der Waals surface area contributed by atoms with E-state index in [1.807, 2.05) is 42.9 Å². The first-order valence-electron chi connectivity index (χ1n) is 4.89. The molecule has 0 bridgehead atoms. The molecule has 1 atom stereocenters. The number of imidazole rings is 1. The molecule has 0 fully saturated rings. The fourth-order valence-electron chi connectivity index (χ4n) is 1.31. The number of benzene rings is 1. The van der Waals surface area contributed by atoms with Crippen LogP contribution in [-0.4, -0.2) is 18.3 Å². The van der Waals surface area contributed by atoms with E-state index in [0.717, 1.165) is 11.5 Å². The highest BCUT2D eigenvalue weighted by Crippen LogP contribution is 2.16. The molecule has 2 N–H and O–H groups in total. The normalized spacial score (nSPS) is 11.5. The zero-order valence-corrected chi connectivity index (χ0v) is 10.5. The number of nitrogens with zero attached hydrogens (tertiary/aromatic N) is 2. The second kappa shape index (κ2) is 6.29. The highest BCUT2D eigenvalue weighted by atomic mass is 32.2. The van der Waals surface area contributed by atoms with Crippen LogP contribution in [0.25, 0.3) is 11.3 Å². The van der Waals surface area contributed by atoms with E-state index >= 15 is 0 Å². The first kappa shape index (κ1) is 13.6. The summed E-state index contributed by atoms with van der Waals surface area (Å²) in [5, 5.41) is 4.03. The van der Waals surface area contributed by atoms with Crippen LogP contribution in [0.5, 0.6) is 0 Å². The van der Waals surface area contributed by atoms with Crippen molar-refractivity contribution in [2.24, 2.45) is 12.2 Å². The Morgan fingerprint density at radius 3 is 2.29 bits per heavy atom. The number of nitrogens with two attached hydrogens (primary N) is 1. The molecule has 0 aliphatic rings. The van der Waals surface area contributed by atoms with E-state index in [-0.39, 0.29) is 0 Å². The van der Waals surface area contributed by atoms with Crippen molar-refractivity contribution in [3.63, 3.8) is 0 Å². The van der Waals surface area contributed by atoms with Gasteiger partial charge in [0.1, 0.15) is 5.82 Å². The molecule has 17 heavy (non-hydrogen) atoms. The fourth-order valence-corrected chi connectivity index (χ4v) is 1.31. The summed E-state index contributed by atoms with van der Waals surface area (Å²) in [6.07, 6.45) is 2.05. The van der Waals surface area contributed by atoms with Gasteiger partial charge in [0.05, 0.1) is 5.69 Å². The van der Waals surface area contributed by atoms with Gasteiger partial charge in [-0.3, -0.25) is 9.35 Å². The Morgan fingerprint density at radius 1 is 1.35 bits per heavy atom. The summed E-state index contributed by atoms with van der Waals surface area (Å²) in [6.45, 7) is 2.01. The molecule has 2 aromatic rings. The standard InChI is InChI=1S/C11H12N2.H3NO2S/c1-9-12-11(8-13(9)2)10-6-4-3-5-7-10;1-4(2)3/h3-8H,1-2H3;1H2,(H,2,3)/p-1. The van der Waals surface area contributed by atoms with Gasteiger partial charge in [-0.15, -0.1) is 0 Å². The third-order valence-corrected chi connectivity index (χ3v) is 2.18. The van der Waals surface area contributed by atoms with Gasteiger partial charge >= 0.3 is 0 Å². The number of rotatable bonds is 1. The van der Waals surface area contributed by atoms with Gasteiger partial charge in [-0.1, -0.05) is 30.3 Å². The van der Waals surface area contributed by atoms with Crippen LogP contribution in [0.4, 0.5) is 0 Å². The molecular weight excluding hydrogens is 238 g/mol. The molecule has 0 radical (unpaired) electrons. The van der Waals surface area contributed by atoms with Gasteiger partial charge < -0.3 is 9.12 Å². The predicted molar refractivity (Wildman–Crippen MR) is 66.5 cm³/mol. The first-order valence-corrected chi connectivity index (χ1v) is 6.03. The lowest BCUT2D eigenvalue weighted by Crippen LogP contribution is -1.97. The van der Waals surface area contributed by atoms with Crippen LogP contribution < -0.4 is 5.14 Å². The average Bonchev–Trinajstić information content (AvgIpc) is 2.60. The van der Waals surface area contributed by atoms with Crippen molar-refractivity contribution in [3.8, 4) is 11.3 Å². The molecule has 92 valence electrons. The molecule has 1 heterocycles. The van der Waals surface area contributed by atoms with Crippen molar-refractivity contribution in [3.05, 3.63) is 42.4 Å². The Hall–Kier alpha value is -1.50. The van der Waals surface area contributed by atoms with E-state index in [9.17, 15) is 0 Å². The van der Waals surface area contributed by atoms with Gasteiger partial charge in [0.25, 0.3) is 0 Å². The molecule has 0 amide bonds. The molecule has 0 saturated carbocycles. The SMILES string of the molecule is Cc1nc(-c2ccccc2)cn1C.NS(=O)[O-]. The lowest BCUT2D eigenvalue weighted by molar-refractivity contribution is 0.539. The van der Waals surface area contributed by atoms with E-state index < -0.39 is 11.3 Å². The number of aryl methyl sites for hydroxylation is 2. The van der Waals surface area contributed by atoms with Gasteiger partial charge in [0.15, 0.2) is 0 Å². The Bertz CT molecular complexity index is 473. The van der Waals surface area contributed by atoms with Crippen molar-refractivity contribution in [2.45, 2.75) is 6.92 Å². The summed E-state index contributed by atoms with van der Waals surface area (Å²) >= 11 is -2.36. The fraction of sp³-hybridized carbons (Fsp3) is 0.182. The van der Waals surface area contributed by atoms with Crippen LogP contribution in [0.2, 0.25) is 0 Å².